The summed E-state index contributed by atoms with van der Waals surface area (Å²) < 4.78 is 5.53. The van der Waals surface area contributed by atoms with Crippen LogP contribution in [0.15, 0.2) is 24.3 Å². The predicted octanol–water partition coefficient (Wildman–Crippen LogP) is 2.71. The average Bonchev–Trinajstić information content (AvgIpc) is 2.90. The molecule has 1 aliphatic heterocycles. The molecule has 98 valence electrons. The highest BCUT2D eigenvalue weighted by Crippen LogP contribution is 2.11. The van der Waals surface area contributed by atoms with Crippen LogP contribution >= 0.6 is 12.2 Å². The molecule has 0 saturated carbocycles. The van der Waals surface area contributed by atoms with E-state index in [0.717, 1.165) is 38.1 Å². The van der Waals surface area contributed by atoms with Gasteiger partial charge in [0.25, 0.3) is 0 Å². The van der Waals surface area contributed by atoms with Gasteiger partial charge < -0.3 is 15.4 Å². The molecular weight excluding hydrogens is 244 g/mol. The third-order valence-electron chi connectivity index (χ3n) is 3.13. The van der Waals surface area contributed by atoms with E-state index in [1.807, 2.05) is 0 Å². The largest absolute Gasteiger partial charge is 0.376 e. The van der Waals surface area contributed by atoms with Crippen molar-refractivity contribution in [1.29, 1.82) is 0 Å². The second-order valence-corrected chi connectivity index (χ2v) is 4.93. The summed E-state index contributed by atoms with van der Waals surface area (Å²) in [6.07, 6.45) is 3.65. The number of anilines is 1. The van der Waals surface area contributed by atoms with Gasteiger partial charge >= 0.3 is 0 Å². The van der Waals surface area contributed by atoms with Crippen LogP contribution in [0.1, 0.15) is 25.3 Å². The Morgan fingerprint density at radius 2 is 2.17 bits per heavy atom. The molecule has 0 bridgehead atoms. The van der Waals surface area contributed by atoms with Crippen molar-refractivity contribution in [2.24, 2.45) is 0 Å². The Kier molecular flexibility index (Phi) is 4.96. The molecule has 2 rings (SSSR count). The van der Waals surface area contributed by atoms with Crippen molar-refractivity contribution >= 4 is 23.0 Å². The monoisotopic (exact) mass is 264 g/mol. The lowest BCUT2D eigenvalue weighted by molar-refractivity contribution is 0.114. The number of ether oxygens (including phenoxy) is 1. The summed E-state index contributed by atoms with van der Waals surface area (Å²) in [5, 5.41) is 7.04. The van der Waals surface area contributed by atoms with E-state index in [2.05, 4.69) is 41.8 Å². The van der Waals surface area contributed by atoms with Crippen LogP contribution in [-0.4, -0.2) is 24.4 Å². The van der Waals surface area contributed by atoms with E-state index in [9.17, 15) is 0 Å². The molecule has 0 radical (unpaired) electrons. The molecule has 0 unspecified atom stereocenters. The van der Waals surface area contributed by atoms with Crippen molar-refractivity contribution in [1.82, 2.24) is 5.32 Å². The zero-order chi connectivity index (χ0) is 12.8. The summed E-state index contributed by atoms with van der Waals surface area (Å²) in [5.41, 5.74) is 2.36. The zero-order valence-corrected chi connectivity index (χ0v) is 11.6. The summed E-state index contributed by atoms with van der Waals surface area (Å²) in [7, 11) is 0. The number of benzene rings is 1. The van der Waals surface area contributed by atoms with Gasteiger partial charge in [0.1, 0.15) is 0 Å². The zero-order valence-electron chi connectivity index (χ0n) is 10.7. The summed E-state index contributed by atoms with van der Waals surface area (Å²) in [4.78, 5) is 0. The first-order valence-corrected chi connectivity index (χ1v) is 6.94. The molecule has 1 fully saturated rings. The van der Waals surface area contributed by atoms with E-state index in [1.54, 1.807) is 0 Å². The van der Waals surface area contributed by atoms with E-state index in [1.165, 1.54) is 5.56 Å². The van der Waals surface area contributed by atoms with Gasteiger partial charge in [0, 0.05) is 18.8 Å². The van der Waals surface area contributed by atoms with Crippen LogP contribution in [0.25, 0.3) is 0 Å². The van der Waals surface area contributed by atoms with Gasteiger partial charge in [-0.3, -0.25) is 0 Å². The lowest BCUT2D eigenvalue weighted by Gasteiger charge is -2.14. The van der Waals surface area contributed by atoms with Crippen LogP contribution < -0.4 is 10.6 Å². The minimum Gasteiger partial charge on any atom is -0.376 e. The van der Waals surface area contributed by atoms with Gasteiger partial charge in [-0.15, -0.1) is 0 Å². The number of hydrogen-bond acceptors (Lipinski definition) is 2. The lowest BCUT2D eigenvalue weighted by atomic mass is 10.1. The minimum absolute atomic E-state index is 0.312. The number of hydrogen-bond donors (Lipinski definition) is 2. The molecule has 1 heterocycles. The van der Waals surface area contributed by atoms with Gasteiger partial charge in [0.05, 0.1) is 6.10 Å². The van der Waals surface area contributed by atoms with Crippen molar-refractivity contribution in [3.8, 4) is 0 Å². The second-order valence-electron chi connectivity index (χ2n) is 4.52. The van der Waals surface area contributed by atoms with Crippen molar-refractivity contribution in [2.75, 3.05) is 18.5 Å². The Balaban J connectivity index is 1.75. The first kappa shape index (κ1) is 13.3. The van der Waals surface area contributed by atoms with Crippen molar-refractivity contribution < 1.29 is 4.74 Å². The standard InChI is InChI=1S/C14H20N2OS/c1-2-11-5-7-12(8-6-11)16-14(18)15-10-13-4-3-9-17-13/h5-8,13H,2-4,9-10H2,1H3,(H2,15,16,18)/t13-/m0/s1. The number of rotatable bonds is 4. The SMILES string of the molecule is CCc1ccc(NC(=S)NC[C@@H]2CCCO2)cc1. The van der Waals surface area contributed by atoms with Crippen molar-refractivity contribution in [3.05, 3.63) is 29.8 Å². The van der Waals surface area contributed by atoms with Crippen molar-refractivity contribution in [3.63, 3.8) is 0 Å². The first-order chi connectivity index (χ1) is 8.78. The van der Waals surface area contributed by atoms with Crippen LogP contribution in [0.5, 0.6) is 0 Å². The summed E-state index contributed by atoms with van der Waals surface area (Å²) in [5.74, 6) is 0. The molecular formula is C14H20N2OS. The van der Waals surface area contributed by atoms with Gasteiger partial charge in [-0.2, -0.15) is 0 Å². The molecule has 0 aromatic heterocycles. The summed E-state index contributed by atoms with van der Waals surface area (Å²) >= 11 is 5.25. The van der Waals surface area contributed by atoms with Crippen LogP contribution in [0.2, 0.25) is 0 Å². The Morgan fingerprint density at radius 1 is 1.39 bits per heavy atom. The molecule has 2 N–H and O–H groups in total. The highest BCUT2D eigenvalue weighted by Gasteiger charge is 2.15. The molecule has 3 nitrogen and oxygen atoms in total. The predicted molar refractivity (Wildman–Crippen MR) is 79.0 cm³/mol. The van der Waals surface area contributed by atoms with Gasteiger partial charge in [-0.05, 0) is 49.2 Å². The molecule has 1 aliphatic rings. The lowest BCUT2D eigenvalue weighted by Crippen LogP contribution is -2.34. The Labute approximate surface area is 114 Å². The van der Waals surface area contributed by atoms with E-state index in [4.69, 9.17) is 17.0 Å². The molecule has 1 atom stereocenters. The van der Waals surface area contributed by atoms with Gasteiger partial charge in [0.15, 0.2) is 5.11 Å². The molecule has 1 aromatic carbocycles. The maximum absolute atomic E-state index is 5.53. The molecule has 0 amide bonds. The Morgan fingerprint density at radius 3 is 2.78 bits per heavy atom. The Hall–Kier alpha value is -1.13. The highest BCUT2D eigenvalue weighted by atomic mass is 32.1. The fourth-order valence-corrected chi connectivity index (χ4v) is 2.21. The molecule has 4 heteroatoms. The average molecular weight is 264 g/mol. The van der Waals surface area contributed by atoms with Crippen LogP contribution in [0, 0.1) is 0 Å². The quantitative estimate of drug-likeness (QED) is 0.819. The number of aryl methyl sites for hydroxylation is 1. The maximum atomic E-state index is 5.53. The third-order valence-corrected chi connectivity index (χ3v) is 3.38. The fraction of sp³-hybridized carbons (Fsp3) is 0.500. The molecule has 18 heavy (non-hydrogen) atoms. The topological polar surface area (TPSA) is 33.3 Å². The van der Waals surface area contributed by atoms with Crippen LogP contribution in [0.3, 0.4) is 0 Å². The summed E-state index contributed by atoms with van der Waals surface area (Å²) in [6, 6.07) is 8.34. The van der Waals surface area contributed by atoms with Crippen LogP contribution in [-0.2, 0) is 11.2 Å². The maximum Gasteiger partial charge on any atom is 0.170 e. The van der Waals surface area contributed by atoms with Gasteiger partial charge in [-0.25, -0.2) is 0 Å². The smallest absolute Gasteiger partial charge is 0.170 e. The highest BCUT2D eigenvalue weighted by molar-refractivity contribution is 7.80. The molecule has 1 saturated heterocycles. The second kappa shape index (κ2) is 6.71. The molecule has 0 aliphatic carbocycles. The van der Waals surface area contributed by atoms with Gasteiger partial charge in [0.2, 0.25) is 0 Å². The number of thiocarbonyl (C=S) groups is 1. The van der Waals surface area contributed by atoms with E-state index in [-0.39, 0.29) is 0 Å². The third kappa shape index (κ3) is 3.96. The summed E-state index contributed by atoms with van der Waals surface area (Å²) in [6.45, 7) is 3.82. The van der Waals surface area contributed by atoms with E-state index >= 15 is 0 Å². The van der Waals surface area contributed by atoms with Gasteiger partial charge in [-0.1, -0.05) is 19.1 Å². The van der Waals surface area contributed by atoms with E-state index in [0.29, 0.717) is 11.2 Å². The van der Waals surface area contributed by atoms with Crippen LogP contribution in [0.4, 0.5) is 5.69 Å². The number of nitrogens with one attached hydrogen (secondary N) is 2. The molecule has 1 aromatic rings. The fourth-order valence-electron chi connectivity index (χ4n) is 2.01. The van der Waals surface area contributed by atoms with Crippen molar-refractivity contribution in [2.45, 2.75) is 32.3 Å². The Bertz CT molecular complexity index is 385. The first-order valence-electron chi connectivity index (χ1n) is 6.53. The van der Waals surface area contributed by atoms with E-state index < -0.39 is 0 Å². The minimum atomic E-state index is 0.312. The normalized spacial score (nSPS) is 18.6. The molecule has 0 spiro atoms.